The predicted octanol–water partition coefficient (Wildman–Crippen LogP) is 5.00. The van der Waals surface area contributed by atoms with Crippen molar-refractivity contribution in [1.29, 1.82) is 0 Å². The van der Waals surface area contributed by atoms with Crippen molar-refractivity contribution in [2.75, 3.05) is 7.11 Å². The molecule has 6 nitrogen and oxygen atoms in total. The van der Waals surface area contributed by atoms with Crippen LogP contribution in [0, 0.1) is 0 Å². The van der Waals surface area contributed by atoms with E-state index < -0.39 is 12.0 Å². The Morgan fingerprint density at radius 2 is 1.76 bits per heavy atom. The summed E-state index contributed by atoms with van der Waals surface area (Å²) in [5.41, 5.74) is 0.958. The quantitative estimate of drug-likeness (QED) is 0.334. The van der Waals surface area contributed by atoms with E-state index in [9.17, 15) is 13.2 Å². The summed E-state index contributed by atoms with van der Waals surface area (Å²) >= 11 is 1.08. The van der Waals surface area contributed by atoms with Gasteiger partial charge in [-0.05, 0) is 30.3 Å². The Bertz CT molecular complexity index is 1150. The van der Waals surface area contributed by atoms with Crippen LogP contribution in [0.1, 0.15) is 11.7 Å². The Kier molecular flexibility index (Phi) is 5.10. The standard InChI is InChI=1S/C19H13F3N4O2S/c1-27-12-8-6-11(7-9-12)16-24-15(28-26-16)10-29-17-13-4-2-3-5-14(13)23-18(25-17)19(20,21)22/h2-9H,10H2,1H3. The minimum atomic E-state index is -4.63. The molecule has 0 aliphatic heterocycles. The molecule has 0 N–H and O–H groups in total. The number of methoxy groups -OCH3 is 1. The van der Waals surface area contributed by atoms with Crippen LogP contribution in [0.2, 0.25) is 0 Å². The summed E-state index contributed by atoms with van der Waals surface area (Å²) in [6.07, 6.45) is -4.63. The Balaban J connectivity index is 1.57. The molecular formula is C19H13F3N4O2S. The molecule has 0 unspecified atom stereocenters. The number of benzene rings is 2. The largest absolute Gasteiger partial charge is 0.497 e. The van der Waals surface area contributed by atoms with Gasteiger partial charge in [-0.1, -0.05) is 35.1 Å². The number of halogens is 3. The molecule has 0 amide bonds. The number of hydrogen-bond donors (Lipinski definition) is 0. The van der Waals surface area contributed by atoms with Crippen LogP contribution in [-0.2, 0) is 11.9 Å². The molecule has 10 heteroatoms. The van der Waals surface area contributed by atoms with E-state index in [0.717, 1.165) is 17.3 Å². The van der Waals surface area contributed by atoms with Crippen molar-refractivity contribution >= 4 is 22.7 Å². The van der Waals surface area contributed by atoms with Crippen molar-refractivity contribution in [2.45, 2.75) is 17.0 Å². The van der Waals surface area contributed by atoms with Gasteiger partial charge >= 0.3 is 6.18 Å². The molecule has 0 saturated carbocycles. The zero-order chi connectivity index (χ0) is 20.4. The van der Waals surface area contributed by atoms with Crippen LogP contribution in [0.4, 0.5) is 13.2 Å². The van der Waals surface area contributed by atoms with Gasteiger partial charge in [-0.3, -0.25) is 0 Å². The minimum Gasteiger partial charge on any atom is -0.497 e. The Labute approximate surface area is 167 Å². The topological polar surface area (TPSA) is 73.9 Å². The summed E-state index contributed by atoms with van der Waals surface area (Å²) in [4.78, 5) is 11.6. The first-order chi connectivity index (χ1) is 13.9. The van der Waals surface area contributed by atoms with Crippen molar-refractivity contribution in [3.63, 3.8) is 0 Å². The second kappa shape index (κ2) is 7.70. The van der Waals surface area contributed by atoms with E-state index in [4.69, 9.17) is 9.26 Å². The zero-order valence-electron chi connectivity index (χ0n) is 15.0. The van der Waals surface area contributed by atoms with Crippen molar-refractivity contribution < 1.29 is 22.4 Å². The summed E-state index contributed by atoms with van der Waals surface area (Å²) in [6.45, 7) is 0. The van der Waals surface area contributed by atoms with Gasteiger partial charge in [0.15, 0.2) is 0 Å². The van der Waals surface area contributed by atoms with Gasteiger partial charge in [-0.15, -0.1) is 0 Å². The molecule has 0 aliphatic carbocycles. The minimum absolute atomic E-state index is 0.168. The number of fused-ring (bicyclic) bond motifs is 1. The van der Waals surface area contributed by atoms with E-state index in [2.05, 4.69) is 20.1 Å². The van der Waals surface area contributed by atoms with Crippen LogP contribution in [0.25, 0.3) is 22.3 Å². The van der Waals surface area contributed by atoms with Gasteiger partial charge in [0, 0.05) is 10.9 Å². The number of rotatable bonds is 5. The molecule has 2 aromatic heterocycles. The molecule has 29 heavy (non-hydrogen) atoms. The fraction of sp³-hybridized carbons (Fsp3) is 0.158. The lowest BCUT2D eigenvalue weighted by molar-refractivity contribution is -0.145. The highest BCUT2D eigenvalue weighted by Crippen LogP contribution is 2.33. The van der Waals surface area contributed by atoms with Gasteiger partial charge in [0.2, 0.25) is 17.5 Å². The molecule has 4 rings (SSSR count). The molecular weight excluding hydrogens is 405 g/mol. The second-order valence-corrected chi connectivity index (χ2v) is 6.86. The van der Waals surface area contributed by atoms with E-state index in [1.165, 1.54) is 6.07 Å². The third-order valence-electron chi connectivity index (χ3n) is 3.97. The number of thioether (sulfide) groups is 1. The zero-order valence-corrected chi connectivity index (χ0v) is 15.8. The smallest absolute Gasteiger partial charge is 0.451 e. The molecule has 0 spiro atoms. The number of aromatic nitrogens is 4. The number of ether oxygens (including phenoxy) is 1. The van der Waals surface area contributed by atoms with Crippen molar-refractivity contribution in [3.05, 3.63) is 60.2 Å². The predicted molar refractivity (Wildman–Crippen MR) is 100 cm³/mol. The maximum absolute atomic E-state index is 13.1. The van der Waals surface area contributed by atoms with Crippen LogP contribution in [0.5, 0.6) is 5.75 Å². The lowest BCUT2D eigenvalue weighted by Gasteiger charge is -2.09. The van der Waals surface area contributed by atoms with Gasteiger partial charge in [0.1, 0.15) is 10.8 Å². The van der Waals surface area contributed by atoms with Crippen molar-refractivity contribution in [2.24, 2.45) is 0 Å². The molecule has 0 saturated heterocycles. The first kappa shape index (κ1) is 19.2. The van der Waals surface area contributed by atoms with Crippen LogP contribution in [0.15, 0.2) is 58.1 Å². The molecule has 0 fully saturated rings. The maximum Gasteiger partial charge on any atom is 0.451 e. The van der Waals surface area contributed by atoms with E-state index in [1.807, 2.05) is 0 Å². The Morgan fingerprint density at radius 1 is 1.00 bits per heavy atom. The number of nitrogens with zero attached hydrogens (tertiary/aromatic N) is 4. The number of hydrogen-bond acceptors (Lipinski definition) is 7. The number of alkyl halides is 3. The summed E-state index contributed by atoms with van der Waals surface area (Å²) in [5.74, 6) is 0.345. The maximum atomic E-state index is 13.1. The van der Waals surface area contributed by atoms with Crippen molar-refractivity contribution in [1.82, 2.24) is 20.1 Å². The highest BCUT2D eigenvalue weighted by atomic mass is 32.2. The van der Waals surface area contributed by atoms with Gasteiger partial charge < -0.3 is 9.26 Å². The third-order valence-corrected chi connectivity index (χ3v) is 4.95. The van der Waals surface area contributed by atoms with Crippen LogP contribution >= 0.6 is 11.8 Å². The molecule has 4 aromatic rings. The van der Waals surface area contributed by atoms with Crippen LogP contribution < -0.4 is 4.74 Å². The number of para-hydroxylation sites is 1. The summed E-state index contributed by atoms with van der Waals surface area (Å²) in [5, 5.41) is 4.65. The fourth-order valence-electron chi connectivity index (χ4n) is 2.59. The van der Waals surface area contributed by atoms with Gasteiger partial charge in [0.25, 0.3) is 0 Å². The van der Waals surface area contributed by atoms with Crippen LogP contribution in [-0.4, -0.2) is 27.2 Å². The van der Waals surface area contributed by atoms with Crippen molar-refractivity contribution in [3.8, 4) is 17.1 Å². The molecule has 2 heterocycles. The lowest BCUT2D eigenvalue weighted by Crippen LogP contribution is -2.11. The van der Waals surface area contributed by atoms with Gasteiger partial charge in [0.05, 0.1) is 18.4 Å². The van der Waals surface area contributed by atoms with Gasteiger partial charge in [-0.25, -0.2) is 9.97 Å². The lowest BCUT2D eigenvalue weighted by atomic mass is 10.2. The summed E-state index contributed by atoms with van der Waals surface area (Å²) in [7, 11) is 1.57. The fourth-order valence-corrected chi connectivity index (χ4v) is 3.44. The molecule has 0 atom stereocenters. The Morgan fingerprint density at radius 3 is 2.48 bits per heavy atom. The SMILES string of the molecule is COc1ccc(-c2noc(CSc3nc(C(F)(F)F)nc4ccccc34)n2)cc1. The van der Waals surface area contributed by atoms with E-state index >= 15 is 0 Å². The first-order valence-corrected chi connectivity index (χ1v) is 9.36. The molecule has 0 bridgehead atoms. The van der Waals surface area contributed by atoms with E-state index in [1.54, 1.807) is 49.6 Å². The summed E-state index contributed by atoms with van der Waals surface area (Å²) in [6, 6.07) is 13.7. The first-order valence-electron chi connectivity index (χ1n) is 8.38. The highest BCUT2D eigenvalue weighted by molar-refractivity contribution is 7.98. The van der Waals surface area contributed by atoms with E-state index in [0.29, 0.717) is 17.0 Å². The van der Waals surface area contributed by atoms with Gasteiger partial charge in [-0.2, -0.15) is 18.2 Å². The molecule has 148 valence electrons. The monoisotopic (exact) mass is 418 g/mol. The van der Waals surface area contributed by atoms with E-state index in [-0.39, 0.29) is 22.2 Å². The highest BCUT2D eigenvalue weighted by Gasteiger charge is 2.35. The second-order valence-electron chi connectivity index (χ2n) is 5.90. The molecule has 2 aromatic carbocycles. The summed E-state index contributed by atoms with van der Waals surface area (Å²) < 4.78 is 49.7. The average molecular weight is 418 g/mol. The normalized spacial score (nSPS) is 11.7. The average Bonchev–Trinajstić information content (AvgIpc) is 3.20. The molecule has 0 radical (unpaired) electrons. The van der Waals surface area contributed by atoms with Crippen LogP contribution in [0.3, 0.4) is 0 Å². The molecule has 0 aliphatic rings. The third kappa shape index (κ3) is 4.16. The Hall–Kier alpha value is -3.14.